The maximum absolute atomic E-state index is 12.4. The Balaban J connectivity index is 1.89. The monoisotopic (exact) mass is 272 g/mol. The summed E-state index contributed by atoms with van der Waals surface area (Å²) in [5.74, 6) is 0.836. The number of nitrogens with zero attached hydrogens (tertiary/aromatic N) is 1. The Hall–Kier alpha value is -1.81. The minimum atomic E-state index is -0.0209. The van der Waals surface area contributed by atoms with Crippen molar-refractivity contribution in [1.82, 2.24) is 4.90 Å². The number of amides is 1. The molecule has 0 bridgehead atoms. The first-order chi connectivity index (χ1) is 9.58. The van der Waals surface area contributed by atoms with Gasteiger partial charge in [-0.3, -0.25) is 4.79 Å². The molecule has 1 aromatic carbocycles. The molecule has 1 amide bonds. The van der Waals surface area contributed by atoms with Crippen LogP contribution in [0.1, 0.15) is 28.1 Å². The van der Waals surface area contributed by atoms with Crippen LogP contribution >= 0.6 is 0 Å². The Morgan fingerprint density at radius 2 is 2.10 bits per heavy atom. The molecule has 1 aromatic heterocycles. The summed E-state index contributed by atoms with van der Waals surface area (Å²) in [5.41, 5.74) is 8.84. The minimum absolute atomic E-state index is 0.0209. The van der Waals surface area contributed by atoms with Gasteiger partial charge < -0.3 is 15.1 Å². The fourth-order valence-electron chi connectivity index (χ4n) is 2.77. The van der Waals surface area contributed by atoms with E-state index in [-0.39, 0.29) is 5.91 Å². The topological polar surface area (TPSA) is 59.5 Å². The average Bonchev–Trinajstić information content (AvgIpc) is 3.05. The maximum atomic E-state index is 12.4. The zero-order valence-electron chi connectivity index (χ0n) is 12.0. The summed E-state index contributed by atoms with van der Waals surface area (Å²) in [5, 5.41) is 0.992. The Bertz CT molecular complexity index is 621. The van der Waals surface area contributed by atoms with Crippen molar-refractivity contribution < 1.29 is 9.21 Å². The van der Waals surface area contributed by atoms with Crippen LogP contribution < -0.4 is 5.73 Å². The number of hydrogen-bond acceptors (Lipinski definition) is 3. The second-order valence-corrected chi connectivity index (χ2v) is 5.73. The van der Waals surface area contributed by atoms with Gasteiger partial charge in [0, 0.05) is 18.5 Å². The predicted octanol–water partition coefficient (Wildman–Crippen LogP) is 2.47. The number of carbonyl (C=O) groups is 1. The van der Waals surface area contributed by atoms with Crippen LogP contribution in [0.15, 0.2) is 22.6 Å². The lowest BCUT2D eigenvalue weighted by atomic mass is 10.1. The first kappa shape index (κ1) is 13.2. The fourth-order valence-corrected chi connectivity index (χ4v) is 2.77. The smallest absolute Gasteiger partial charge is 0.289 e. The third-order valence-corrected chi connectivity index (χ3v) is 4.25. The molecule has 2 aromatic rings. The molecule has 0 unspecified atom stereocenters. The average molecular weight is 272 g/mol. The summed E-state index contributed by atoms with van der Waals surface area (Å²) in [6.07, 6.45) is 0.987. The van der Waals surface area contributed by atoms with Crippen LogP contribution in [0.3, 0.4) is 0 Å². The van der Waals surface area contributed by atoms with Crippen molar-refractivity contribution in [3.05, 3.63) is 35.1 Å². The van der Waals surface area contributed by atoms with E-state index in [0.717, 1.165) is 30.5 Å². The van der Waals surface area contributed by atoms with Gasteiger partial charge in [0.15, 0.2) is 5.76 Å². The van der Waals surface area contributed by atoms with Gasteiger partial charge in [-0.25, -0.2) is 0 Å². The molecule has 0 radical (unpaired) electrons. The van der Waals surface area contributed by atoms with E-state index < -0.39 is 0 Å². The molecule has 4 nitrogen and oxygen atoms in total. The van der Waals surface area contributed by atoms with E-state index in [1.807, 2.05) is 24.0 Å². The Morgan fingerprint density at radius 1 is 1.35 bits per heavy atom. The molecule has 1 saturated heterocycles. The molecule has 2 N–H and O–H groups in total. The lowest BCUT2D eigenvalue weighted by Crippen LogP contribution is -2.29. The molecule has 2 heterocycles. The van der Waals surface area contributed by atoms with Crippen LogP contribution in [-0.2, 0) is 0 Å². The van der Waals surface area contributed by atoms with E-state index in [4.69, 9.17) is 10.2 Å². The van der Waals surface area contributed by atoms with Gasteiger partial charge in [-0.1, -0.05) is 0 Å². The predicted molar refractivity (Wildman–Crippen MR) is 78.8 cm³/mol. The molecule has 3 rings (SSSR count). The van der Waals surface area contributed by atoms with Gasteiger partial charge in [-0.2, -0.15) is 0 Å². The lowest BCUT2D eigenvalue weighted by molar-refractivity contribution is 0.0758. The van der Waals surface area contributed by atoms with Gasteiger partial charge in [-0.05, 0) is 62.1 Å². The third kappa shape index (κ3) is 2.20. The van der Waals surface area contributed by atoms with Gasteiger partial charge in [-0.15, -0.1) is 0 Å². The van der Waals surface area contributed by atoms with Crippen molar-refractivity contribution in [2.24, 2.45) is 11.7 Å². The summed E-state index contributed by atoms with van der Waals surface area (Å²) >= 11 is 0. The Labute approximate surface area is 118 Å². The highest BCUT2D eigenvalue weighted by Crippen LogP contribution is 2.25. The number of carbonyl (C=O) groups excluding carboxylic acids is 1. The first-order valence-corrected chi connectivity index (χ1v) is 7.08. The fraction of sp³-hybridized carbons (Fsp3) is 0.438. The number of benzene rings is 1. The quantitative estimate of drug-likeness (QED) is 0.913. The molecule has 0 aliphatic carbocycles. The molecule has 1 atom stereocenters. The van der Waals surface area contributed by atoms with Crippen molar-refractivity contribution in [3.63, 3.8) is 0 Å². The highest BCUT2D eigenvalue weighted by molar-refractivity contribution is 5.96. The molecular formula is C16H20N2O2. The van der Waals surface area contributed by atoms with Crippen molar-refractivity contribution in [1.29, 1.82) is 0 Å². The number of hydrogen-bond donors (Lipinski definition) is 1. The minimum Gasteiger partial charge on any atom is -0.451 e. The zero-order chi connectivity index (χ0) is 14.3. The summed E-state index contributed by atoms with van der Waals surface area (Å²) in [7, 11) is 0. The summed E-state index contributed by atoms with van der Waals surface area (Å²) in [6.45, 7) is 6.27. The second-order valence-electron chi connectivity index (χ2n) is 5.73. The lowest BCUT2D eigenvalue weighted by Gasteiger charge is -2.14. The van der Waals surface area contributed by atoms with Gasteiger partial charge in [0.05, 0.1) is 0 Å². The van der Waals surface area contributed by atoms with Crippen LogP contribution in [0.25, 0.3) is 11.0 Å². The van der Waals surface area contributed by atoms with E-state index in [1.54, 1.807) is 0 Å². The highest BCUT2D eigenvalue weighted by atomic mass is 16.3. The largest absolute Gasteiger partial charge is 0.451 e. The van der Waals surface area contributed by atoms with Crippen molar-refractivity contribution in [2.75, 3.05) is 19.6 Å². The normalized spacial score (nSPS) is 18.9. The van der Waals surface area contributed by atoms with Crippen LogP contribution in [0.4, 0.5) is 0 Å². The van der Waals surface area contributed by atoms with E-state index >= 15 is 0 Å². The first-order valence-electron chi connectivity index (χ1n) is 7.08. The number of nitrogens with two attached hydrogens (primary N) is 1. The number of fused-ring (bicyclic) bond motifs is 1. The number of furan rings is 1. The molecule has 1 fully saturated rings. The molecule has 20 heavy (non-hydrogen) atoms. The van der Waals surface area contributed by atoms with Crippen LogP contribution in [-0.4, -0.2) is 30.4 Å². The molecule has 0 saturated carbocycles. The standard InChI is InChI=1S/C16H20N2O2/c1-10-5-13-7-15(20-14(13)6-11(10)2)16(19)18-4-3-12(8-17)9-18/h5-7,12H,3-4,8-9,17H2,1-2H3/t12-/m1/s1. The molecule has 4 heteroatoms. The molecule has 1 aliphatic rings. The van der Waals surface area contributed by atoms with E-state index in [9.17, 15) is 4.79 Å². The Morgan fingerprint density at radius 3 is 2.80 bits per heavy atom. The third-order valence-electron chi connectivity index (χ3n) is 4.25. The van der Waals surface area contributed by atoms with Gasteiger partial charge >= 0.3 is 0 Å². The number of rotatable bonds is 2. The SMILES string of the molecule is Cc1cc2cc(C(=O)N3CC[C@H](CN)C3)oc2cc1C. The summed E-state index contributed by atoms with van der Waals surface area (Å²) in [4.78, 5) is 14.3. The van der Waals surface area contributed by atoms with Gasteiger partial charge in [0.2, 0.25) is 0 Å². The molecule has 0 spiro atoms. The summed E-state index contributed by atoms with van der Waals surface area (Å²) in [6, 6.07) is 5.91. The van der Waals surface area contributed by atoms with Gasteiger partial charge in [0.25, 0.3) is 5.91 Å². The molecule has 1 aliphatic heterocycles. The van der Waals surface area contributed by atoms with Crippen molar-refractivity contribution >= 4 is 16.9 Å². The van der Waals surface area contributed by atoms with Crippen LogP contribution in [0.2, 0.25) is 0 Å². The van der Waals surface area contributed by atoms with E-state index in [2.05, 4.69) is 13.0 Å². The number of aryl methyl sites for hydroxylation is 2. The summed E-state index contributed by atoms with van der Waals surface area (Å²) < 4.78 is 5.72. The maximum Gasteiger partial charge on any atom is 0.289 e. The van der Waals surface area contributed by atoms with Crippen molar-refractivity contribution in [2.45, 2.75) is 20.3 Å². The van der Waals surface area contributed by atoms with Crippen LogP contribution in [0.5, 0.6) is 0 Å². The molecular weight excluding hydrogens is 252 g/mol. The Kier molecular flexibility index (Phi) is 3.26. The highest BCUT2D eigenvalue weighted by Gasteiger charge is 2.27. The van der Waals surface area contributed by atoms with Crippen LogP contribution in [0, 0.1) is 19.8 Å². The van der Waals surface area contributed by atoms with Crippen molar-refractivity contribution in [3.8, 4) is 0 Å². The van der Waals surface area contributed by atoms with E-state index in [0.29, 0.717) is 18.2 Å². The second kappa shape index (κ2) is 4.94. The zero-order valence-corrected chi connectivity index (χ0v) is 12.0. The number of likely N-dealkylation sites (tertiary alicyclic amines) is 1. The van der Waals surface area contributed by atoms with Gasteiger partial charge in [0.1, 0.15) is 5.58 Å². The van der Waals surface area contributed by atoms with E-state index in [1.165, 1.54) is 11.1 Å². The molecule has 106 valence electrons.